The van der Waals surface area contributed by atoms with Gasteiger partial charge in [-0.05, 0) is 75.2 Å². The molecule has 2 atom stereocenters. The molecule has 116 valence electrons. The van der Waals surface area contributed by atoms with Gasteiger partial charge < -0.3 is 10.2 Å². The van der Waals surface area contributed by atoms with E-state index in [1.54, 1.807) is 0 Å². The molecule has 1 heterocycles. The minimum absolute atomic E-state index is 0.663. The van der Waals surface area contributed by atoms with E-state index in [0.29, 0.717) is 12.0 Å². The third kappa shape index (κ3) is 3.67. The molecule has 21 heavy (non-hydrogen) atoms. The van der Waals surface area contributed by atoms with E-state index in [4.69, 9.17) is 0 Å². The smallest absolute Gasteiger partial charge is 0.0201 e. The van der Waals surface area contributed by atoms with Gasteiger partial charge in [0.05, 0.1) is 0 Å². The summed E-state index contributed by atoms with van der Waals surface area (Å²) in [5, 5.41) is 3.84. The average Bonchev–Trinajstić information content (AvgIpc) is 2.39. The van der Waals surface area contributed by atoms with E-state index in [1.165, 1.54) is 62.0 Å². The number of likely N-dealkylation sites (N-methyl/N-ethyl adjacent to an activating group) is 1. The first-order valence-electron chi connectivity index (χ1n) is 8.61. The molecule has 2 aliphatic rings. The van der Waals surface area contributed by atoms with Crippen molar-refractivity contribution in [3.8, 4) is 0 Å². The first-order chi connectivity index (χ1) is 10.1. The minimum atomic E-state index is 0.663. The maximum Gasteiger partial charge on any atom is 0.0201 e. The number of piperidine rings is 1. The van der Waals surface area contributed by atoms with Crippen LogP contribution in [-0.4, -0.2) is 37.6 Å². The Balaban J connectivity index is 1.62. The molecule has 1 saturated heterocycles. The largest absolute Gasteiger partial charge is 0.312 e. The van der Waals surface area contributed by atoms with Crippen LogP contribution in [0.15, 0.2) is 18.2 Å². The fourth-order valence-electron chi connectivity index (χ4n) is 3.76. The van der Waals surface area contributed by atoms with Crippen LogP contribution in [0.1, 0.15) is 48.3 Å². The van der Waals surface area contributed by atoms with Crippen LogP contribution in [0.3, 0.4) is 0 Å². The van der Waals surface area contributed by atoms with Crippen molar-refractivity contribution in [2.24, 2.45) is 5.92 Å². The standard InChI is InChI=1S/C19H30N2/c1-14-7-8-17(9-15(14)2)18-10-19(13-21(3)12-18)20-11-16-5-4-6-16/h7-9,16,18-20H,4-6,10-13H2,1-3H3. The monoisotopic (exact) mass is 286 g/mol. The Kier molecular flexibility index (Phi) is 4.66. The Hall–Kier alpha value is -0.860. The molecule has 1 aromatic rings. The van der Waals surface area contributed by atoms with Crippen molar-refractivity contribution in [2.45, 2.75) is 51.5 Å². The molecule has 1 aliphatic heterocycles. The highest BCUT2D eigenvalue weighted by atomic mass is 15.1. The summed E-state index contributed by atoms with van der Waals surface area (Å²) < 4.78 is 0. The molecule has 2 nitrogen and oxygen atoms in total. The molecule has 0 spiro atoms. The first-order valence-corrected chi connectivity index (χ1v) is 8.61. The lowest BCUT2D eigenvalue weighted by Gasteiger charge is -2.38. The van der Waals surface area contributed by atoms with Crippen LogP contribution in [-0.2, 0) is 0 Å². The third-order valence-corrected chi connectivity index (χ3v) is 5.56. The fourth-order valence-corrected chi connectivity index (χ4v) is 3.76. The fraction of sp³-hybridized carbons (Fsp3) is 0.684. The molecule has 1 aliphatic carbocycles. The highest BCUT2D eigenvalue weighted by Crippen LogP contribution is 2.29. The van der Waals surface area contributed by atoms with Gasteiger partial charge in [0, 0.05) is 19.1 Å². The zero-order valence-electron chi connectivity index (χ0n) is 13.9. The van der Waals surface area contributed by atoms with Crippen molar-refractivity contribution in [3.63, 3.8) is 0 Å². The molecule has 2 fully saturated rings. The Morgan fingerprint density at radius 3 is 2.62 bits per heavy atom. The summed E-state index contributed by atoms with van der Waals surface area (Å²) in [5.74, 6) is 1.64. The summed E-state index contributed by atoms with van der Waals surface area (Å²) in [4.78, 5) is 2.50. The first kappa shape index (κ1) is 15.1. The van der Waals surface area contributed by atoms with Crippen molar-refractivity contribution in [2.75, 3.05) is 26.7 Å². The maximum absolute atomic E-state index is 3.84. The zero-order valence-corrected chi connectivity index (χ0v) is 13.9. The number of nitrogens with zero attached hydrogens (tertiary/aromatic N) is 1. The summed E-state index contributed by atoms with van der Waals surface area (Å²) >= 11 is 0. The van der Waals surface area contributed by atoms with E-state index in [-0.39, 0.29) is 0 Å². The molecule has 1 N–H and O–H groups in total. The second-order valence-electron chi connectivity index (χ2n) is 7.40. The van der Waals surface area contributed by atoms with Gasteiger partial charge in [-0.1, -0.05) is 24.6 Å². The molecule has 3 rings (SSSR count). The van der Waals surface area contributed by atoms with E-state index in [2.05, 4.69) is 49.3 Å². The average molecular weight is 286 g/mol. The molecule has 1 saturated carbocycles. The quantitative estimate of drug-likeness (QED) is 0.911. The minimum Gasteiger partial charge on any atom is -0.312 e. The van der Waals surface area contributed by atoms with E-state index >= 15 is 0 Å². The molecular formula is C19H30N2. The van der Waals surface area contributed by atoms with Gasteiger partial charge in [0.25, 0.3) is 0 Å². The Morgan fingerprint density at radius 1 is 1.14 bits per heavy atom. The lowest BCUT2D eigenvalue weighted by atomic mass is 9.84. The number of nitrogens with one attached hydrogen (secondary N) is 1. The number of hydrogen-bond acceptors (Lipinski definition) is 2. The molecule has 0 bridgehead atoms. The van der Waals surface area contributed by atoms with Gasteiger partial charge in [-0.3, -0.25) is 0 Å². The molecule has 2 unspecified atom stereocenters. The number of rotatable bonds is 4. The van der Waals surface area contributed by atoms with E-state index in [1.807, 2.05) is 0 Å². The van der Waals surface area contributed by atoms with Gasteiger partial charge in [-0.15, -0.1) is 0 Å². The lowest BCUT2D eigenvalue weighted by molar-refractivity contribution is 0.190. The molecule has 0 aromatic heterocycles. The number of benzene rings is 1. The highest BCUT2D eigenvalue weighted by Gasteiger charge is 2.27. The molecule has 0 radical (unpaired) electrons. The summed E-state index contributed by atoms with van der Waals surface area (Å²) in [5.41, 5.74) is 4.36. The number of hydrogen-bond donors (Lipinski definition) is 1. The van der Waals surface area contributed by atoms with Crippen LogP contribution >= 0.6 is 0 Å². The second kappa shape index (κ2) is 6.50. The highest BCUT2D eigenvalue weighted by molar-refractivity contribution is 5.32. The van der Waals surface area contributed by atoms with Gasteiger partial charge in [-0.25, -0.2) is 0 Å². The van der Waals surface area contributed by atoms with E-state index in [9.17, 15) is 0 Å². The summed E-state index contributed by atoms with van der Waals surface area (Å²) in [6.07, 6.45) is 5.62. The van der Waals surface area contributed by atoms with Gasteiger partial charge >= 0.3 is 0 Å². The SMILES string of the molecule is Cc1ccc(C2CC(NCC3CCC3)CN(C)C2)cc1C. The van der Waals surface area contributed by atoms with Gasteiger partial charge in [-0.2, -0.15) is 0 Å². The molecular weight excluding hydrogens is 256 g/mol. The van der Waals surface area contributed by atoms with Crippen LogP contribution in [0.4, 0.5) is 0 Å². The van der Waals surface area contributed by atoms with Gasteiger partial charge in [0.2, 0.25) is 0 Å². The topological polar surface area (TPSA) is 15.3 Å². The number of aryl methyl sites for hydroxylation is 2. The van der Waals surface area contributed by atoms with Crippen molar-refractivity contribution < 1.29 is 0 Å². The van der Waals surface area contributed by atoms with Crippen LogP contribution in [0.5, 0.6) is 0 Å². The summed E-state index contributed by atoms with van der Waals surface area (Å²) in [6.45, 7) is 8.07. The van der Waals surface area contributed by atoms with Crippen LogP contribution in [0.2, 0.25) is 0 Å². The van der Waals surface area contributed by atoms with Crippen molar-refractivity contribution >= 4 is 0 Å². The van der Waals surface area contributed by atoms with E-state index in [0.717, 1.165) is 5.92 Å². The number of likely N-dealkylation sites (tertiary alicyclic amines) is 1. The van der Waals surface area contributed by atoms with Crippen molar-refractivity contribution in [3.05, 3.63) is 34.9 Å². The maximum atomic E-state index is 3.84. The Morgan fingerprint density at radius 2 is 1.95 bits per heavy atom. The van der Waals surface area contributed by atoms with Crippen LogP contribution < -0.4 is 5.32 Å². The third-order valence-electron chi connectivity index (χ3n) is 5.56. The predicted octanol–water partition coefficient (Wildman–Crippen LogP) is 3.48. The van der Waals surface area contributed by atoms with Crippen molar-refractivity contribution in [1.29, 1.82) is 0 Å². The Bertz CT molecular complexity index is 478. The van der Waals surface area contributed by atoms with Gasteiger partial charge in [0.1, 0.15) is 0 Å². The predicted molar refractivity (Wildman–Crippen MR) is 89.9 cm³/mol. The van der Waals surface area contributed by atoms with E-state index < -0.39 is 0 Å². The van der Waals surface area contributed by atoms with Crippen molar-refractivity contribution in [1.82, 2.24) is 10.2 Å². The second-order valence-corrected chi connectivity index (χ2v) is 7.40. The summed E-state index contributed by atoms with van der Waals surface area (Å²) in [6, 6.07) is 7.70. The van der Waals surface area contributed by atoms with Crippen LogP contribution in [0, 0.1) is 19.8 Å². The lowest BCUT2D eigenvalue weighted by Crippen LogP contribution is -2.48. The van der Waals surface area contributed by atoms with Crippen LogP contribution in [0.25, 0.3) is 0 Å². The normalized spacial score (nSPS) is 27.6. The molecule has 2 heteroatoms. The Labute approximate surface area is 129 Å². The summed E-state index contributed by atoms with van der Waals surface area (Å²) in [7, 11) is 2.27. The molecule has 1 aromatic carbocycles. The molecule has 0 amide bonds. The zero-order chi connectivity index (χ0) is 14.8. The van der Waals surface area contributed by atoms with Gasteiger partial charge in [0.15, 0.2) is 0 Å².